The molecule has 0 atom stereocenters. The molecule has 2 N–H and O–H groups in total. The van der Waals surface area contributed by atoms with Crippen LogP contribution in [0.4, 0.5) is 0 Å². The Morgan fingerprint density at radius 2 is 1.71 bits per heavy atom. The molecule has 0 aliphatic carbocycles. The van der Waals surface area contributed by atoms with Crippen molar-refractivity contribution in [1.29, 1.82) is 0 Å². The first kappa shape index (κ1) is 23.9. The fourth-order valence-corrected chi connectivity index (χ4v) is 3.83. The Bertz CT molecular complexity index is 694. The second-order valence-corrected chi connectivity index (χ2v) is 8.89. The average Bonchev–Trinajstić information content (AvgIpc) is 3.11. The third-order valence-electron chi connectivity index (χ3n) is 6.16. The molecule has 0 radical (unpaired) electrons. The molecule has 0 aromatic carbocycles. The lowest BCUT2D eigenvalue weighted by molar-refractivity contribution is -0.00834. The molecule has 2 aliphatic heterocycles. The topological polar surface area (TPSA) is 92.1 Å². The summed E-state index contributed by atoms with van der Waals surface area (Å²) in [6.07, 6.45) is 1.07. The van der Waals surface area contributed by atoms with Crippen LogP contribution >= 0.6 is 0 Å². The monoisotopic (exact) mass is 436 g/mol. The van der Waals surface area contributed by atoms with Gasteiger partial charge in [-0.3, -0.25) is 9.80 Å². The number of rotatable bonds is 9. The van der Waals surface area contributed by atoms with E-state index in [-0.39, 0.29) is 5.54 Å². The van der Waals surface area contributed by atoms with Gasteiger partial charge in [0, 0.05) is 51.9 Å². The van der Waals surface area contributed by atoms with E-state index in [9.17, 15) is 0 Å². The van der Waals surface area contributed by atoms with Gasteiger partial charge in [0.2, 0.25) is 0 Å². The summed E-state index contributed by atoms with van der Waals surface area (Å²) in [5.41, 5.74) is 0.0153. The van der Waals surface area contributed by atoms with Crippen molar-refractivity contribution in [2.75, 3.05) is 72.2 Å². The number of guanidine groups is 1. The lowest BCUT2D eigenvalue weighted by Crippen LogP contribution is -2.56. The third-order valence-corrected chi connectivity index (χ3v) is 6.16. The molecule has 0 amide bonds. The smallest absolute Gasteiger partial charge is 0.191 e. The van der Waals surface area contributed by atoms with Crippen molar-refractivity contribution in [1.82, 2.24) is 35.2 Å². The lowest BCUT2D eigenvalue weighted by Gasteiger charge is -2.41. The first-order valence-corrected chi connectivity index (χ1v) is 11.5. The van der Waals surface area contributed by atoms with E-state index in [2.05, 4.69) is 44.5 Å². The molecule has 0 saturated carbocycles. The molecule has 0 unspecified atom stereocenters. The second kappa shape index (κ2) is 11.8. The Morgan fingerprint density at radius 1 is 1.03 bits per heavy atom. The summed E-state index contributed by atoms with van der Waals surface area (Å²) in [5, 5.41) is 15.4. The largest absolute Gasteiger partial charge is 0.379 e. The van der Waals surface area contributed by atoms with E-state index in [1.54, 1.807) is 0 Å². The Labute approximate surface area is 186 Å². The van der Waals surface area contributed by atoms with Crippen molar-refractivity contribution >= 4 is 5.96 Å². The predicted octanol–water partition coefficient (Wildman–Crippen LogP) is -0.00818. The molecule has 1 aromatic heterocycles. The Balaban J connectivity index is 1.53. The van der Waals surface area contributed by atoms with Crippen molar-refractivity contribution in [2.24, 2.45) is 12.0 Å². The van der Waals surface area contributed by atoms with Crippen molar-refractivity contribution in [3.8, 4) is 0 Å². The van der Waals surface area contributed by atoms with Gasteiger partial charge in [-0.15, -0.1) is 10.2 Å². The summed E-state index contributed by atoms with van der Waals surface area (Å²) in [6, 6.07) is 0. The molecule has 2 aliphatic rings. The minimum atomic E-state index is 0.0153. The van der Waals surface area contributed by atoms with E-state index >= 15 is 0 Å². The van der Waals surface area contributed by atoms with E-state index in [0.29, 0.717) is 6.54 Å². The zero-order valence-corrected chi connectivity index (χ0v) is 19.7. The van der Waals surface area contributed by atoms with Crippen LogP contribution in [0, 0.1) is 6.92 Å². The fourth-order valence-electron chi connectivity index (χ4n) is 3.83. The number of morpholine rings is 2. The van der Waals surface area contributed by atoms with Crippen molar-refractivity contribution in [3.05, 3.63) is 11.6 Å². The van der Waals surface area contributed by atoms with E-state index in [1.807, 2.05) is 18.5 Å². The normalized spacial score (nSPS) is 19.5. The number of aryl methyl sites for hydroxylation is 1. The van der Waals surface area contributed by atoms with E-state index in [1.165, 1.54) is 0 Å². The standard InChI is InChI=1S/C21H40N8O2/c1-18-25-26-19(27(18)4)16-23-20(22-6-5-7-28-8-12-30-13-9-28)24-17-21(2,3)29-10-14-31-15-11-29/h5-17H2,1-4H3,(H2,22,23,24). The zero-order valence-electron chi connectivity index (χ0n) is 19.7. The second-order valence-electron chi connectivity index (χ2n) is 8.89. The molecule has 3 rings (SSSR count). The van der Waals surface area contributed by atoms with Gasteiger partial charge in [-0.2, -0.15) is 0 Å². The SMILES string of the molecule is Cc1nnc(CN=C(NCCCN2CCOCC2)NCC(C)(C)N2CCOCC2)n1C. The van der Waals surface area contributed by atoms with Gasteiger partial charge in [0.1, 0.15) is 12.4 Å². The quantitative estimate of drug-likeness (QED) is 0.317. The van der Waals surface area contributed by atoms with E-state index in [0.717, 1.165) is 96.3 Å². The summed E-state index contributed by atoms with van der Waals surface area (Å²) in [4.78, 5) is 9.73. The van der Waals surface area contributed by atoms with Crippen LogP contribution in [0.1, 0.15) is 31.9 Å². The first-order chi connectivity index (χ1) is 15.0. The molecule has 0 spiro atoms. The highest BCUT2D eigenvalue weighted by atomic mass is 16.5. The van der Waals surface area contributed by atoms with Crippen LogP contribution in [0.3, 0.4) is 0 Å². The Kier molecular flexibility index (Phi) is 9.06. The minimum Gasteiger partial charge on any atom is -0.379 e. The summed E-state index contributed by atoms with van der Waals surface area (Å²) < 4.78 is 12.9. The number of hydrogen-bond donors (Lipinski definition) is 2. The van der Waals surface area contributed by atoms with Gasteiger partial charge in [-0.25, -0.2) is 4.99 Å². The number of nitrogens with one attached hydrogen (secondary N) is 2. The zero-order chi connectivity index (χ0) is 22.1. The van der Waals surface area contributed by atoms with Crippen LogP contribution in [0.2, 0.25) is 0 Å². The maximum Gasteiger partial charge on any atom is 0.191 e. The molecule has 31 heavy (non-hydrogen) atoms. The lowest BCUT2D eigenvalue weighted by atomic mass is 10.0. The van der Waals surface area contributed by atoms with E-state index in [4.69, 9.17) is 14.5 Å². The molecule has 2 saturated heterocycles. The number of ether oxygens (including phenoxy) is 2. The molecule has 1 aromatic rings. The molecule has 2 fully saturated rings. The Hall–Kier alpha value is -1.75. The van der Waals surface area contributed by atoms with Crippen molar-refractivity contribution in [3.63, 3.8) is 0 Å². The highest BCUT2D eigenvalue weighted by Crippen LogP contribution is 2.15. The third kappa shape index (κ3) is 7.41. The highest BCUT2D eigenvalue weighted by molar-refractivity contribution is 5.79. The number of aromatic nitrogens is 3. The van der Waals surface area contributed by atoms with Crippen molar-refractivity contribution < 1.29 is 9.47 Å². The molecular weight excluding hydrogens is 396 g/mol. The molecule has 0 bridgehead atoms. The van der Waals surface area contributed by atoms with E-state index < -0.39 is 0 Å². The van der Waals surface area contributed by atoms with Crippen LogP contribution in [0.15, 0.2) is 4.99 Å². The number of aliphatic imine (C=N–C) groups is 1. The van der Waals surface area contributed by atoms with Crippen LogP contribution < -0.4 is 10.6 Å². The maximum absolute atomic E-state index is 5.51. The summed E-state index contributed by atoms with van der Waals surface area (Å²) in [5.74, 6) is 2.58. The number of nitrogens with zero attached hydrogens (tertiary/aromatic N) is 6. The molecular formula is C21H40N8O2. The first-order valence-electron chi connectivity index (χ1n) is 11.5. The van der Waals surface area contributed by atoms with Gasteiger partial charge in [-0.1, -0.05) is 0 Å². The highest BCUT2D eigenvalue weighted by Gasteiger charge is 2.28. The average molecular weight is 437 g/mol. The molecule has 10 heteroatoms. The summed E-state index contributed by atoms with van der Waals surface area (Å²) >= 11 is 0. The van der Waals surface area contributed by atoms with Crippen LogP contribution in [-0.4, -0.2) is 108 Å². The van der Waals surface area contributed by atoms with Crippen LogP contribution in [0.5, 0.6) is 0 Å². The predicted molar refractivity (Wildman–Crippen MR) is 121 cm³/mol. The Morgan fingerprint density at radius 3 is 2.35 bits per heavy atom. The molecule has 10 nitrogen and oxygen atoms in total. The van der Waals surface area contributed by atoms with Gasteiger partial charge in [0.25, 0.3) is 0 Å². The maximum atomic E-state index is 5.51. The fraction of sp³-hybridized carbons (Fsp3) is 0.857. The minimum absolute atomic E-state index is 0.0153. The van der Waals surface area contributed by atoms with Gasteiger partial charge >= 0.3 is 0 Å². The number of hydrogen-bond acceptors (Lipinski definition) is 7. The molecule has 3 heterocycles. The van der Waals surface area contributed by atoms with Gasteiger partial charge in [0.05, 0.1) is 26.4 Å². The van der Waals surface area contributed by atoms with Crippen LogP contribution in [-0.2, 0) is 23.1 Å². The molecule has 176 valence electrons. The van der Waals surface area contributed by atoms with Crippen molar-refractivity contribution in [2.45, 2.75) is 39.3 Å². The summed E-state index contributed by atoms with van der Waals surface area (Å²) in [6.45, 7) is 17.0. The summed E-state index contributed by atoms with van der Waals surface area (Å²) in [7, 11) is 1.98. The van der Waals surface area contributed by atoms with Gasteiger partial charge in [0.15, 0.2) is 11.8 Å². The van der Waals surface area contributed by atoms with Gasteiger partial charge in [-0.05, 0) is 33.7 Å². The van der Waals surface area contributed by atoms with Gasteiger partial charge < -0.3 is 24.7 Å². The van der Waals surface area contributed by atoms with Crippen LogP contribution in [0.25, 0.3) is 0 Å².